The second kappa shape index (κ2) is 8.39. The minimum absolute atomic E-state index is 0.00419. The van der Waals surface area contributed by atoms with Crippen molar-refractivity contribution in [3.8, 4) is 0 Å². The van der Waals surface area contributed by atoms with Gasteiger partial charge in [-0.25, -0.2) is 9.59 Å². The summed E-state index contributed by atoms with van der Waals surface area (Å²) in [5.41, 5.74) is -0.675. The molecule has 0 aliphatic heterocycles. The van der Waals surface area contributed by atoms with Crippen LogP contribution in [0.5, 0.6) is 0 Å². The van der Waals surface area contributed by atoms with Crippen LogP contribution in [0.3, 0.4) is 0 Å². The van der Waals surface area contributed by atoms with Crippen molar-refractivity contribution in [2.45, 2.75) is 52.2 Å². The van der Waals surface area contributed by atoms with Gasteiger partial charge in [0, 0.05) is 6.42 Å². The van der Waals surface area contributed by atoms with Crippen molar-refractivity contribution < 1.29 is 28.6 Å². The van der Waals surface area contributed by atoms with Crippen LogP contribution in [0.4, 0.5) is 4.79 Å². The van der Waals surface area contributed by atoms with Crippen LogP contribution in [0.25, 0.3) is 0 Å². The van der Waals surface area contributed by atoms with Gasteiger partial charge in [0.2, 0.25) is 0 Å². The zero-order chi connectivity index (χ0) is 15.8. The van der Waals surface area contributed by atoms with Crippen LogP contribution in [-0.2, 0) is 23.8 Å². The Morgan fingerprint density at radius 1 is 1.20 bits per heavy atom. The number of esters is 2. The summed E-state index contributed by atoms with van der Waals surface area (Å²) in [6, 6.07) is -0.941. The van der Waals surface area contributed by atoms with Crippen LogP contribution in [-0.4, -0.2) is 43.4 Å². The van der Waals surface area contributed by atoms with Crippen molar-refractivity contribution in [1.82, 2.24) is 5.32 Å². The van der Waals surface area contributed by atoms with Gasteiger partial charge in [-0.1, -0.05) is 0 Å². The Morgan fingerprint density at radius 3 is 2.25 bits per heavy atom. The maximum Gasteiger partial charge on any atom is 0.408 e. The minimum Gasteiger partial charge on any atom is -0.469 e. The Morgan fingerprint density at radius 2 is 1.80 bits per heavy atom. The van der Waals surface area contributed by atoms with Gasteiger partial charge in [0.15, 0.2) is 0 Å². The van der Waals surface area contributed by atoms with E-state index in [0.717, 1.165) is 0 Å². The third kappa shape index (κ3) is 8.34. The number of carbonyl (C=O) groups is 3. The fourth-order valence-corrected chi connectivity index (χ4v) is 1.31. The number of nitrogens with one attached hydrogen (secondary N) is 1. The molecule has 0 aliphatic rings. The molecule has 0 saturated carbocycles. The fourth-order valence-electron chi connectivity index (χ4n) is 1.31. The lowest BCUT2D eigenvalue weighted by atomic mass is 10.1. The number of amides is 1. The number of ether oxygens (including phenoxy) is 3. The number of hydrogen-bond acceptors (Lipinski definition) is 6. The van der Waals surface area contributed by atoms with Gasteiger partial charge in [0.25, 0.3) is 0 Å². The van der Waals surface area contributed by atoms with Crippen LogP contribution < -0.4 is 5.32 Å². The van der Waals surface area contributed by atoms with Crippen molar-refractivity contribution in [2.24, 2.45) is 0 Å². The molecule has 0 spiro atoms. The molecule has 1 amide bonds. The van der Waals surface area contributed by atoms with Crippen LogP contribution in [0.15, 0.2) is 0 Å². The average molecular weight is 289 g/mol. The summed E-state index contributed by atoms with van der Waals surface area (Å²) in [4.78, 5) is 34.4. The topological polar surface area (TPSA) is 90.9 Å². The Bertz CT molecular complexity index is 347. The highest BCUT2D eigenvalue weighted by atomic mass is 16.6. The molecular formula is C13H23NO6. The van der Waals surface area contributed by atoms with Crippen molar-refractivity contribution in [2.75, 3.05) is 13.7 Å². The van der Waals surface area contributed by atoms with E-state index < -0.39 is 29.7 Å². The predicted octanol–water partition coefficient (Wildman–Crippen LogP) is 1.40. The van der Waals surface area contributed by atoms with Crippen LogP contribution in [0.2, 0.25) is 0 Å². The Hall–Kier alpha value is -1.79. The maximum absolute atomic E-state index is 11.7. The molecule has 0 saturated heterocycles. The third-order valence-electron chi connectivity index (χ3n) is 2.13. The molecule has 0 heterocycles. The van der Waals surface area contributed by atoms with E-state index in [2.05, 4.69) is 10.1 Å². The zero-order valence-corrected chi connectivity index (χ0v) is 12.6. The first-order valence-corrected chi connectivity index (χ1v) is 6.42. The monoisotopic (exact) mass is 289 g/mol. The largest absolute Gasteiger partial charge is 0.469 e. The molecule has 1 N–H and O–H groups in total. The van der Waals surface area contributed by atoms with Crippen molar-refractivity contribution in [1.29, 1.82) is 0 Å². The number of methoxy groups -OCH3 is 1. The van der Waals surface area contributed by atoms with E-state index in [1.807, 2.05) is 0 Å². The van der Waals surface area contributed by atoms with Gasteiger partial charge < -0.3 is 19.5 Å². The van der Waals surface area contributed by atoms with E-state index in [-0.39, 0.29) is 19.4 Å². The highest BCUT2D eigenvalue weighted by molar-refractivity contribution is 5.82. The SMILES string of the molecule is CCOC(=O)[C@H](CCC(=O)OC)NC(=O)OC(C)(C)C. The third-order valence-corrected chi connectivity index (χ3v) is 2.13. The molecule has 7 nitrogen and oxygen atoms in total. The van der Waals surface area contributed by atoms with Crippen LogP contribution >= 0.6 is 0 Å². The number of carbonyl (C=O) groups excluding carboxylic acids is 3. The van der Waals surface area contributed by atoms with Gasteiger partial charge in [-0.15, -0.1) is 0 Å². The smallest absolute Gasteiger partial charge is 0.408 e. The van der Waals surface area contributed by atoms with E-state index in [9.17, 15) is 14.4 Å². The first-order valence-electron chi connectivity index (χ1n) is 6.42. The molecule has 0 aliphatic carbocycles. The average Bonchev–Trinajstić information content (AvgIpc) is 2.31. The molecule has 0 aromatic carbocycles. The van der Waals surface area contributed by atoms with Crippen molar-refractivity contribution in [3.05, 3.63) is 0 Å². The van der Waals surface area contributed by atoms with Gasteiger partial charge in [-0.05, 0) is 34.1 Å². The highest BCUT2D eigenvalue weighted by Gasteiger charge is 2.26. The molecule has 0 aromatic heterocycles. The number of alkyl carbamates (subject to hydrolysis) is 1. The van der Waals surface area contributed by atoms with Gasteiger partial charge >= 0.3 is 18.0 Å². The molecule has 0 fully saturated rings. The predicted molar refractivity (Wildman–Crippen MR) is 71.0 cm³/mol. The summed E-state index contributed by atoms with van der Waals surface area (Å²) in [6.07, 6.45) is -0.652. The number of rotatable bonds is 6. The summed E-state index contributed by atoms with van der Waals surface area (Å²) in [6.45, 7) is 6.97. The maximum atomic E-state index is 11.7. The van der Waals surface area contributed by atoms with Gasteiger partial charge in [0.05, 0.1) is 13.7 Å². The minimum atomic E-state index is -0.941. The molecule has 1 atom stereocenters. The van der Waals surface area contributed by atoms with E-state index in [0.29, 0.717) is 0 Å². The molecule has 0 aromatic rings. The standard InChI is InChI=1S/C13H23NO6/c1-6-19-11(16)9(7-8-10(15)18-5)14-12(17)20-13(2,3)4/h9H,6-8H2,1-5H3,(H,14,17)/t9-/m0/s1. The molecule has 0 radical (unpaired) electrons. The summed E-state index contributed by atoms with van der Waals surface area (Å²) >= 11 is 0. The molecule has 0 unspecified atom stereocenters. The first kappa shape index (κ1) is 18.2. The van der Waals surface area contributed by atoms with E-state index in [4.69, 9.17) is 9.47 Å². The molecule has 7 heteroatoms. The van der Waals surface area contributed by atoms with Crippen LogP contribution in [0, 0.1) is 0 Å². The molecule has 116 valence electrons. The molecular weight excluding hydrogens is 266 g/mol. The summed E-state index contributed by atoms with van der Waals surface area (Å²) in [7, 11) is 1.25. The van der Waals surface area contributed by atoms with Crippen molar-refractivity contribution >= 4 is 18.0 Å². The summed E-state index contributed by atoms with van der Waals surface area (Å²) in [5.74, 6) is -1.08. The quantitative estimate of drug-likeness (QED) is 0.587. The lowest BCUT2D eigenvalue weighted by molar-refractivity contribution is -0.146. The van der Waals surface area contributed by atoms with E-state index in [1.165, 1.54) is 7.11 Å². The second-order valence-corrected chi connectivity index (χ2v) is 5.07. The Kier molecular flexibility index (Phi) is 7.64. The molecule has 0 rings (SSSR count). The summed E-state index contributed by atoms with van der Waals surface area (Å²) < 4.78 is 14.4. The van der Waals surface area contributed by atoms with E-state index >= 15 is 0 Å². The van der Waals surface area contributed by atoms with Gasteiger partial charge in [-0.3, -0.25) is 4.79 Å². The van der Waals surface area contributed by atoms with E-state index in [1.54, 1.807) is 27.7 Å². The normalized spacial score (nSPS) is 12.2. The number of hydrogen-bond donors (Lipinski definition) is 1. The molecule has 20 heavy (non-hydrogen) atoms. The van der Waals surface area contributed by atoms with Crippen molar-refractivity contribution in [3.63, 3.8) is 0 Å². The van der Waals surface area contributed by atoms with Gasteiger partial charge in [0.1, 0.15) is 11.6 Å². The zero-order valence-electron chi connectivity index (χ0n) is 12.6. The lowest BCUT2D eigenvalue weighted by Crippen LogP contribution is -2.44. The fraction of sp³-hybridized carbons (Fsp3) is 0.769. The second-order valence-electron chi connectivity index (χ2n) is 5.07. The Balaban J connectivity index is 4.56. The summed E-state index contributed by atoms with van der Waals surface area (Å²) in [5, 5.41) is 2.39. The molecule has 0 bridgehead atoms. The highest BCUT2D eigenvalue weighted by Crippen LogP contribution is 2.08. The van der Waals surface area contributed by atoms with Crippen LogP contribution in [0.1, 0.15) is 40.5 Å². The lowest BCUT2D eigenvalue weighted by Gasteiger charge is -2.22. The first-order chi connectivity index (χ1) is 9.19. The Labute approximate surface area is 118 Å². The van der Waals surface area contributed by atoms with Gasteiger partial charge in [-0.2, -0.15) is 0 Å².